The zero-order valence-electron chi connectivity index (χ0n) is 13.6. The number of rotatable bonds is 6. The third-order valence-corrected chi connectivity index (χ3v) is 4.68. The van der Waals surface area contributed by atoms with Crippen molar-refractivity contribution in [2.45, 2.75) is 6.42 Å². The first-order valence-corrected chi connectivity index (χ1v) is 9.65. The van der Waals surface area contributed by atoms with Crippen molar-refractivity contribution in [3.63, 3.8) is 0 Å². The number of hydrogen-bond donors (Lipinski definition) is 2. The number of nitrogens with zero attached hydrogens (tertiary/aromatic N) is 1. The van der Waals surface area contributed by atoms with E-state index in [0.717, 1.165) is 6.26 Å². The second-order valence-electron chi connectivity index (χ2n) is 5.90. The maximum Gasteiger partial charge on any atom is 0.231 e. The lowest BCUT2D eigenvalue weighted by molar-refractivity contribution is -0.126. The predicted molar refractivity (Wildman–Crippen MR) is 88.9 cm³/mol. The van der Waals surface area contributed by atoms with Crippen molar-refractivity contribution in [3.05, 3.63) is 18.2 Å². The molecule has 0 aromatic heterocycles. The maximum absolute atomic E-state index is 12.2. The monoisotopic (exact) mass is 369 g/mol. The SMILES string of the molecule is CS(=O)(=O)NCCNC(=O)[C@H]1CC(=O)N(c2ccc3c(c2)OCO3)C1. The Morgan fingerprint density at radius 1 is 1.28 bits per heavy atom. The molecule has 0 radical (unpaired) electrons. The Kier molecular flexibility index (Phi) is 4.82. The van der Waals surface area contributed by atoms with Crippen molar-refractivity contribution in [2.24, 2.45) is 5.92 Å². The lowest BCUT2D eigenvalue weighted by Crippen LogP contribution is -2.38. The molecule has 2 amide bonds. The van der Waals surface area contributed by atoms with Crippen LogP contribution in [0, 0.1) is 5.92 Å². The number of amides is 2. The fourth-order valence-electron chi connectivity index (χ4n) is 2.75. The summed E-state index contributed by atoms with van der Waals surface area (Å²) in [5.41, 5.74) is 0.656. The van der Waals surface area contributed by atoms with Crippen LogP contribution in [0.25, 0.3) is 0 Å². The molecule has 1 aromatic carbocycles. The van der Waals surface area contributed by atoms with Crippen LogP contribution in [0.15, 0.2) is 18.2 Å². The number of carbonyl (C=O) groups is 2. The van der Waals surface area contributed by atoms with E-state index in [1.807, 2.05) is 0 Å². The molecule has 0 aliphatic carbocycles. The lowest BCUT2D eigenvalue weighted by Gasteiger charge is -2.17. The minimum atomic E-state index is -3.29. The van der Waals surface area contributed by atoms with Gasteiger partial charge in [0.05, 0.1) is 12.2 Å². The van der Waals surface area contributed by atoms with Crippen molar-refractivity contribution in [2.75, 3.05) is 37.6 Å². The smallest absolute Gasteiger partial charge is 0.231 e. The lowest BCUT2D eigenvalue weighted by atomic mass is 10.1. The first-order valence-electron chi connectivity index (χ1n) is 7.76. The van der Waals surface area contributed by atoms with Crippen molar-refractivity contribution in [1.29, 1.82) is 0 Å². The van der Waals surface area contributed by atoms with Gasteiger partial charge in [-0.05, 0) is 12.1 Å². The van der Waals surface area contributed by atoms with Gasteiger partial charge in [-0.1, -0.05) is 0 Å². The fourth-order valence-corrected chi connectivity index (χ4v) is 3.23. The molecule has 9 nitrogen and oxygen atoms in total. The van der Waals surface area contributed by atoms with Gasteiger partial charge < -0.3 is 19.7 Å². The fraction of sp³-hybridized carbons (Fsp3) is 0.467. The normalized spacial score (nSPS) is 19.3. The molecule has 1 atom stereocenters. The molecule has 2 N–H and O–H groups in total. The van der Waals surface area contributed by atoms with E-state index in [1.54, 1.807) is 23.1 Å². The number of anilines is 1. The Hall–Kier alpha value is -2.33. The molecule has 0 saturated carbocycles. The van der Waals surface area contributed by atoms with E-state index in [1.165, 1.54) is 0 Å². The van der Waals surface area contributed by atoms with Crippen LogP contribution in [-0.4, -0.2) is 52.9 Å². The molecule has 0 bridgehead atoms. The van der Waals surface area contributed by atoms with Gasteiger partial charge in [0.25, 0.3) is 0 Å². The molecule has 1 aromatic rings. The summed E-state index contributed by atoms with van der Waals surface area (Å²) in [4.78, 5) is 25.9. The number of nitrogens with one attached hydrogen (secondary N) is 2. The van der Waals surface area contributed by atoms with Crippen LogP contribution in [0.1, 0.15) is 6.42 Å². The van der Waals surface area contributed by atoms with Crippen molar-refractivity contribution in [3.8, 4) is 11.5 Å². The summed E-state index contributed by atoms with van der Waals surface area (Å²) in [6.07, 6.45) is 1.16. The molecule has 2 heterocycles. The summed E-state index contributed by atoms with van der Waals surface area (Å²) in [5, 5.41) is 2.64. The van der Waals surface area contributed by atoms with Gasteiger partial charge in [0, 0.05) is 37.8 Å². The van der Waals surface area contributed by atoms with E-state index in [0.29, 0.717) is 17.2 Å². The largest absolute Gasteiger partial charge is 0.454 e. The molecule has 136 valence electrons. The molecule has 10 heteroatoms. The highest BCUT2D eigenvalue weighted by molar-refractivity contribution is 7.88. The van der Waals surface area contributed by atoms with Crippen molar-refractivity contribution < 1.29 is 27.5 Å². The Labute approximate surface area is 145 Å². The molecule has 1 saturated heterocycles. The average Bonchev–Trinajstić information content (AvgIpc) is 3.16. The predicted octanol–water partition coefficient (Wildman–Crippen LogP) is -0.566. The van der Waals surface area contributed by atoms with Gasteiger partial charge >= 0.3 is 0 Å². The number of hydrogen-bond acceptors (Lipinski definition) is 6. The summed E-state index contributed by atoms with van der Waals surface area (Å²) in [6, 6.07) is 5.20. The van der Waals surface area contributed by atoms with Gasteiger partial charge in [0.2, 0.25) is 28.6 Å². The molecule has 3 rings (SSSR count). The Balaban J connectivity index is 1.56. The zero-order valence-corrected chi connectivity index (χ0v) is 14.5. The highest BCUT2D eigenvalue weighted by atomic mass is 32.2. The maximum atomic E-state index is 12.2. The minimum Gasteiger partial charge on any atom is -0.454 e. The second-order valence-corrected chi connectivity index (χ2v) is 7.73. The molecule has 25 heavy (non-hydrogen) atoms. The van der Waals surface area contributed by atoms with Gasteiger partial charge in [-0.15, -0.1) is 0 Å². The van der Waals surface area contributed by atoms with E-state index in [4.69, 9.17) is 9.47 Å². The van der Waals surface area contributed by atoms with Crippen LogP contribution in [0.4, 0.5) is 5.69 Å². The first-order chi connectivity index (χ1) is 11.8. The summed E-state index contributed by atoms with van der Waals surface area (Å²) in [5.74, 6) is 0.310. The van der Waals surface area contributed by atoms with Gasteiger partial charge in [-0.2, -0.15) is 0 Å². The van der Waals surface area contributed by atoms with Gasteiger partial charge in [0.15, 0.2) is 11.5 Å². The van der Waals surface area contributed by atoms with Crippen LogP contribution in [0.5, 0.6) is 11.5 Å². The van der Waals surface area contributed by atoms with Crippen LogP contribution < -0.4 is 24.4 Å². The Morgan fingerprint density at radius 2 is 2.04 bits per heavy atom. The van der Waals surface area contributed by atoms with Crippen LogP contribution in [0.3, 0.4) is 0 Å². The zero-order chi connectivity index (χ0) is 18.0. The summed E-state index contributed by atoms with van der Waals surface area (Å²) in [7, 11) is -3.29. The van der Waals surface area contributed by atoms with Gasteiger partial charge in [-0.25, -0.2) is 13.1 Å². The molecule has 0 spiro atoms. The van der Waals surface area contributed by atoms with Gasteiger partial charge in [0.1, 0.15) is 0 Å². The Morgan fingerprint density at radius 3 is 2.80 bits per heavy atom. The third-order valence-electron chi connectivity index (χ3n) is 3.95. The van der Waals surface area contributed by atoms with E-state index >= 15 is 0 Å². The highest BCUT2D eigenvalue weighted by Crippen LogP contribution is 2.37. The molecular formula is C15H19N3O6S. The molecule has 0 unspecified atom stereocenters. The number of benzene rings is 1. The van der Waals surface area contributed by atoms with Crippen molar-refractivity contribution in [1.82, 2.24) is 10.0 Å². The average molecular weight is 369 g/mol. The van der Waals surface area contributed by atoms with E-state index in [2.05, 4.69) is 10.0 Å². The van der Waals surface area contributed by atoms with E-state index < -0.39 is 15.9 Å². The van der Waals surface area contributed by atoms with E-state index in [-0.39, 0.29) is 44.7 Å². The van der Waals surface area contributed by atoms with Crippen LogP contribution in [0.2, 0.25) is 0 Å². The highest BCUT2D eigenvalue weighted by Gasteiger charge is 2.35. The van der Waals surface area contributed by atoms with Crippen LogP contribution >= 0.6 is 0 Å². The van der Waals surface area contributed by atoms with Crippen molar-refractivity contribution >= 4 is 27.5 Å². The van der Waals surface area contributed by atoms with Gasteiger partial charge in [-0.3, -0.25) is 9.59 Å². The van der Waals surface area contributed by atoms with E-state index in [9.17, 15) is 18.0 Å². The molecule has 1 fully saturated rings. The number of sulfonamides is 1. The minimum absolute atomic E-state index is 0.108. The molecule has 2 aliphatic rings. The summed E-state index contributed by atoms with van der Waals surface area (Å²) < 4.78 is 34.8. The second kappa shape index (κ2) is 6.89. The number of fused-ring (bicyclic) bond motifs is 1. The molecular weight excluding hydrogens is 350 g/mol. The molecule has 2 aliphatic heterocycles. The van der Waals surface area contributed by atoms with Crippen LogP contribution in [-0.2, 0) is 19.6 Å². The number of carbonyl (C=O) groups excluding carboxylic acids is 2. The first kappa shape index (κ1) is 17.5. The third kappa shape index (κ3) is 4.20. The quantitative estimate of drug-likeness (QED) is 0.650. The Bertz CT molecular complexity index is 794. The standard InChI is InChI=1S/C15H19N3O6S/c1-25(21,22)17-5-4-16-15(20)10-6-14(19)18(8-10)11-2-3-12-13(7-11)24-9-23-12/h2-3,7,10,17H,4-6,8-9H2,1H3,(H,16,20)/t10-/m0/s1. The topological polar surface area (TPSA) is 114 Å². The summed E-state index contributed by atoms with van der Waals surface area (Å²) >= 11 is 0. The number of ether oxygens (including phenoxy) is 2. The summed E-state index contributed by atoms with van der Waals surface area (Å²) in [6.45, 7) is 0.695.